The Morgan fingerprint density at radius 3 is 2.17 bits per heavy atom. The molecule has 0 saturated carbocycles. The summed E-state index contributed by atoms with van der Waals surface area (Å²) in [5, 5.41) is 2.51. The molecule has 0 heterocycles. The van der Waals surface area contributed by atoms with Crippen LogP contribution < -0.4 is 5.73 Å². The molecule has 88 valence electrons. The highest BCUT2D eigenvalue weighted by molar-refractivity contribution is 5.87. The Kier molecular flexibility index (Phi) is 2.83. The molecular weight excluding hydrogens is 218 g/mol. The van der Waals surface area contributed by atoms with Crippen LogP contribution in [0.25, 0.3) is 21.9 Å². The van der Waals surface area contributed by atoms with Crippen molar-refractivity contribution < 1.29 is 0 Å². The van der Waals surface area contributed by atoms with Gasteiger partial charge in [0.15, 0.2) is 0 Å². The third-order valence-corrected chi connectivity index (χ3v) is 3.25. The molecule has 0 aromatic heterocycles. The van der Waals surface area contributed by atoms with Crippen molar-refractivity contribution in [2.24, 2.45) is 5.73 Å². The van der Waals surface area contributed by atoms with Gasteiger partial charge in [-0.15, -0.1) is 0 Å². The van der Waals surface area contributed by atoms with E-state index in [1.54, 1.807) is 0 Å². The second-order valence-corrected chi connectivity index (χ2v) is 4.47. The maximum absolute atomic E-state index is 5.66. The average Bonchev–Trinajstić information content (AvgIpc) is 2.47. The zero-order chi connectivity index (χ0) is 12.4. The first-order chi connectivity index (χ1) is 8.86. The van der Waals surface area contributed by atoms with Gasteiger partial charge in [-0.2, -0.15) is 0 Å². The summed E-state index contributed by atoms with van der Waals surface area (Å²) in [5.74, 6) is 0. The van der Waals surface area contributed by atoms with Crippen molar-refractivity contribution in [3.8, 4) is 11.1 Å². The fourth-order valence-corrected chi connectivity index (χ4v) is 2.23. The molecule has 0 bridgehead atoms. The van der Waals surface area contributed by atoms with Gasteiger partial charge in [-0.3, -0.25) is 0 Å². The topological polar surface area (TPSA) is 26.0 Å². The van der Waals surface area contributed by atoms with Gasteiger partial charge in [-0.05, 0) is 39.6 Å². The molecular formula is C17H15N. The van der Waals surface area contributed by atoms with Crippen molar-refractivity contribution in [2.45, 2.75) is 6.54 Å². The molecule has 0 amide bonds. The molecule has 0 spiro atoms. The first-order valence-electron chi connectivity index (χ1n) is 6.15. The van der Waals surface area contributed by atoms with Crippen LogP contribution in [0.15, 0.2) is 66.7 Å². The number of hydrogen-bond acceptors (Lipinski definition) is 1. The summed E-state index contributed by atoms with van der Waals surface area (Å²) in [4.78, 5) is 0. The Labute approximate surface area is 107 Å². The molecule has 0 aliphatic heterocycles. The predicted octanol–water partition coefficient (Wildman–Crippen LogP) is 3.97. The molecule has 0 fully saturated rings. The van der Waals surface area contributed by atoms with Gasteiger partial charge in [0, 0.05) is 6.54 Å². The molecule has 1 nitrogen and oxygen atoms in total. The normalized spacial score (nSPS) is 10.7. The van der Waals surface area contributed by atoms with Crippen LogP contribution in [0.2, 0.25) is 0 Å². The lowest BCUT2D eigenvalue weighted by Crippen LogP contribution is -1.95. The fraction of sp³-hybridized carbons (Fsp3) is 0.0588. The SMILES string of the molecule is NCc1ccc2cc(-c3ccccc3)ccc2c1. The van der Waals surface area contributed by atoms with Crippen LogP contribution in [0, 0.1) is 0 Å². The van der Waals surface area contributed by atoms with E-state index in [0.717, 1.165) is 0 Å². The third-order valence-electron chi connectivity index (χ3n) is 3.25. The van der Waals surface area contributed by atoms with E-state index in [1.165, 1.54) is 27.5 Å². The van der Waals surface area contributed by atoms with E-state index in [1.807, 2.05) is 6.07 Å². The quantitative estimate of drug-likeness (QED) is 0.712. The fourth-order valence-electron chi connectivity index (χ4n) is 2.23. The monoisotopic (exact) mass is 233 g/mol. The highest BCUT2D eigenvalue weighted by Gasteiger charge is 2.00. The zero-order valence-electron chi connectivity index (χ0n) is 10.1. The number of rotatable bonds is 2. The van der Waals surface area contributed by atoms with E-state index >= 15 is 0 Å². The van der Waals surface area contributed by atoms with E-state index in [9.17, 15) is 0 Å². The van der Waals surface area contributed by atoms with Crippen molar-refractivity contribution in [1.82, 2.24) is 0 Å². The van der Waals surface area contributed by atoms with Gasteiger partial charge in [0.25, 0.3) is 0 Å². The minimum atomic E-state index is 0.594. The molecule has 3 aromatic carbocycles. The standard InChI is InChI=1S/C17H15N/c18-12-13-6-7-17-11-16(9-8-15(17)10-13)14-4-2-1-3-5-14/h1-11H,12,18H2. The molecule has 1 heteroatoms. The summed E-state index contributed by atoms with van der Waals surface area (Å²) in [6, 6.07) is 23.4. The van der Waals surface area contributed by atoms with Crippen molar-refractivity contribution in [3.05, 3.63) is 72.3 Å². The van der Waals surface area contributed by atoms with Crippen LogP contribution in [-0.4, -0.2) is 0 Å². The molecule has 3 rings (SSSR count). The van der Waals surface area contributed by atoms with Crippen LogP contribution >= 0.6 is 0 Å². The van der Waals surface area contributed by atoms with Gasteiger partial charge in [-0.1, -0.05) is 54.6 Å². The zero-order valence-corrected chi connectivity index (χ0v) is 10.1. The third kappa shape index (κ3) is 2.01. The molecule has 3 aromatic rings. The number of hydrogen-bond donors (Lipinski definition) is 1. The summed E-state index contributed by atoms with van der Waals surface area (Å²) in [6.07, 6.45) is 0. The minimum Gasteiger partial charge on any atom is -0.326 e. The molecule has 0 aliphatic rings. The summed E-state index contributed by atoms with van der Waals surface area (Å²) >= 11 is 0. The second kappa shape index (κ2) is 4.63. The second-order valence-electron chi connectivity index (χ2n) is 4.47. The van der Waals surface area contributed by atoms with Crippen molar-refractivity contribution in [2.75, 3.05) is 0 Å². The van der Waals surface area contributed by atoms with E-state index in [2.05, 4.69) is 60.7 Å². The van der Waals surface area contributed by atoms with E-state index in [0.29, 0.717) is 6.54 Å². The van der Waals surface area contributed by atoms with E-state index < -0.39 is 0 Å². The molecule has 0 aliphatic carbocycles. The first kappa shape index (κ1) is 11.0. The van der Waals surface area contributed by atoms with Crippen LogP contribution in [0.3, 0.4) is 0 Å². The maximum Gasteiger partial charge on any atom is 0.0178 e. The lowest BCUT2D eigenvalue weighted by atomic mass is 10.00. The number of fused-ring (bicyclic) bond motifs is 1. The lowest BCUT2D eigenvalue weighted by molar-refractivity contribution is 1.08. The smallest absolute Gasteiger partial charge is 0.0178 e. The Balaban J connectivity index is 2.12. The maximum atomic E-state index is 5.66. The highest BCUT2D eigenvalue weighted by Crippen LogP contribution is 2.24. The molecule has 0 radical (unpaired) electrons. The summed E-state index contributed by atoms with van der Waals surface area (Å²) in [6.45, 7) is 0.594. The Bertz CT molecular complexity index is 672. The van der Waals surface area contributed by atoms with Gasteiger partial charge < -0.3 is 5.73 Å². The molecule has 2 N–H and O–H groups in total. The first-order valence-corrected chi connectivity index (χ1v) is 6.15. The van der Waals surface area contributed by atoms with Gasteiger partial charge in [-0.25, -0.2) is 0 Å². The number of nitrogens with two attached hydrogens (primary N) is 1. The Hall–Kier alpha value is -2.12. The Morgan fingerprint density at radius 1 is 0.667 bits per heavy atom. The Morgan fingerprint density at radius 2 is 1.39 bits per heavy atom. The predicted molar refractivity (Wildman–Crippen MR) is 77.3 cm³/mol. The van der Waals surface area contributed by atoms with E-state index in [4.69, 9.17) is 5.73 Å². The summed E-state index contributed by atoms with van der Waals surface area (Å²) < 4.78 is 0. The molecule has 0 saturated heterocycles. The largest absolute Gasteiger partial charge is 0.326 e. The van der Waals surface area contributed by atoms with Gasteiger partial charge in [0.1, 0.15) is 0 Å². The van der Waals surface area contributed by atoms with Gasteiger partial charge in [0.2, 0.25) is 0 Å². The highest BCUT2D eigenvalue weighted by atomic mass is 14.5. The summed E-state index contributed by atoms with van der Waals surface area (Å²) in [7, 11) is 0. The van der Waals surface area contributed by atoms with Crippen LogP contribution in [0.5, 0.6) is 0 Å². The van der Waals surface area contributed by atoms with Crippen LogP contribution in [0.1, 0.15) is 5.56 Å². The minimum absolute atomic E-state index is 0.594. The van der Waals surface area contributed by atoms with Crippen molar-refractivity contribution in [1.29, 1.82) is 0 Å². The van der Waals surface area contributed by atoms with Gasteiger partial charge >= 0.3 is 0 Å². The lowest BCUT2D eigenvalue weighted by Gasteiger charge is -2.05. The van der Waals surface area contributed by atoms with Crippen LogP contribution in [0.4, 0.5) is 0 Å². The van der Waals surface area contributed by atoms with Crippen LogP contribution in [-0.2, 0) is 6.54 Å². The van der Waals surface area contributed by atoms with Crippen molar-refractivity contribution in [3.63, 3.8) is 0 Å². The molecule has 18 heavy (non-hydrogen) atoms. The molecule has 0 atom stereocenters. The summed E-state index contributed by atoms with van der Waals surface area (Å²) in [5.41, 5.74) is 9.34. The molecule has 0 unspecified atom stereocenters. The number of benzene rings is 3. The van der Waals surface area contributed by atoms with E-state index in [-0.39, 0.29) is 0 Å². The van der Waals surface area contributed by atoms with Crippen molar-refractivity contribution >= 4 is 10.8 Å². The average molecular weight is 233 g/mol. The van der Waals surface area contributed by atoms with Gasteiger partial charge in [0.05, 0.1) is 0 Å².